The van der Waals surface area contributed by atoms with Gasteiger partial charge in [-0.3, -0.25) is 14.5 Å². The fourth-order valence-electron chi connectivity index (χ4n) is 3.05. The van der Waals surface area contributed by atoms with Crippen LogP contribution in [0.2, 0.25) is 0 Å². The monoisotopic (exact) mass is 341 g/mol. The maximum Gasteiger partial charge on any atom is 0.253 e. The first-order valence-corrected chi connectivity index (χ1v) is 8.89. The van der Waals surface area contributed by atoms with Gasteiger partial charge in [0, 0.05) is 31.7 Å². The third kappa shape index (κ3) is 4.83. The normalized spacial score (nSPS) is 15.5. The van der Waals surface area contributed by atoms with Crippen molar-refractivity contribution in [3.8, 4) is 12.3 Å². The second-order valence-corrected chi connectivity index (χ2v) is 6.42. The van der Waals surface area contributed by atoms with E-state index in [0.717, 1.165) is 0 Å². The molecule has 1 saturated heterocycles. The second kappa shape index (κ2) is 8.68. The van der Waals surface area contributed by atoms with Crippen molar-refractivity contribution < 1.29 is 9.59 Å². The van der Waals surface area contributed by atoms with E-state index in [1.165, 1.54) is 0 Å². The van der Waals surface area contributed by atoms with Gasteiger partial charge in [-0.1, -0.05) is 38.0 Å². The molecule has 1 N–H and O–H groups in total. The van der Waals surface area contributed by atoms with E-state index in [9.17, 15) is 9.59 Å². The molecule has 0 bridgehead atoms. The Morgan fingerprint density at radius 1 is 1.12 bits per heavy atom. The van der Waals surface area contributed by atoms with Crippen LogP contribution in [0.5, 0.6) is 0 Å². The fourth-order valence-corrected chi connectivity index (χ4v) is 3.05. The molecule has 0 aromatic heterocycles. The third-order valence-electron chi connectivity index (χ3n) is 4.91. The Balaban J connectivity index is 1.83. The van der Waals surface area contributed by atoms with Crippen LogP contribution in [0, 0.1) is 12.3 Å². The average molecular weight is 341 g/mol. The number of carbonyl (C=O) groups is 2. The summed E-state index contributed by atoms with van der Waals surface area (Å²) in [6, 6.07) is 9.30. The minimum absolute atomic E-state index is 0.0491. The molecule has 1 fully saturated rings. The van der Waals surface area contributed by atoms with E-state index >= 15 is 0 Å². The highest BCUT2D eigenvalue weighted by Crippen LogP contribution is 2.14. The van der Waals surface area contributed by atoms with Crippen molar-refractivity contribution in [2.75, 3.05) is 32.7 Å². The first-order chi connectivity index (χ1) is 12.0. The Labute approximate surface area is 150 Å². The third-order valence-corrected chi connectivity index (χ3v) is 4.91. The SMILES string of the molecule is C#CC(CC)(CC)NC(=O)CN1CCN(C(=O)c2ccccc2)CC1. The van der Waals surface area contributed by atoms with Crippen LogP contribution < -0.4 is 5.32 Å². The van der Waals surface area contributed by atoms with E-state index in [-0.39, 0.29) is 11.8 Å². The summed E-state index contributed by atoms with van der Waals surface area (Å²) in [6.07, 6.45) is 7.02. The second-order valence-electron chi connectivity index (χ2n) is 6.42. The molecule has 0 atom stereocenters. The molecule has 0 aliphatic carbocycles. The average Bonchev–Trinajstić information content (AvgIpc) is 2.67. The summed E-state index contributed by atoms with van der Waals surface area (Å²) in [6.45, 7) is 6.91. The Morgan fingerprint density at radius 3 is 2.24 bits per heavy atom. The van der Waals surface area contributed by atoms with Crippen LogP contribution in [0.25, 0.3) is 0 Å². The Morgan fingerprint density at radius 2 is 1.72 bits per heavy atom. The van der Waals surface area contributed by atoms with E-state index in [2.05, 4.69) is 16.1 Å². The Bertz CT molecular complexity index is 624. The lowest BCUT2D eigenvalue weighted by Gasteiger charge is -2.35. The summed E-state index contributed by atoms with van der Waals surface area (Å²) in [7, 11) is 0. The number of carbonyl (C=O) groups excluding carboxylic acids is 2. The number of hydrogen-bond donors (Lipinski definition) is 1. The van der Waals surface area contributed by atoms with Crippen molar-refractivity contribution in [3.63, 3.8) is 0 Å². The number of amides is 2. The van der Waals surface area contributed by atoms with E-state index in [4.69, 9.17) is 6.42 Å². The smallest absolute Gasteiger partial charge is 0.253 e. The molecule has 2 amide bonds. The molecule has 5 nitrogen and oxygen atoms in total. The van der Waals surface area contributed by atoms with Gasteiger partial charge in [0.25, 0.3) is 5.91 Å². The number of terminal acetylenes is 1. The molecule has 0 saturated carbocycles. The lowest BCUT2D eigenvalue weighted by molar-refractivity contribution is -0.124. The topological polar surface area (TPSA) is 52.7 Å². The molecule has 0 radical (unpaired) electrons. The number of piperazine rings is 1. The molecule has 25 heavy (non-hydrogen) atoms. The molecule has 5 heteroatoms. The van der Waals surface area contributed by atoms with Crippen LogP contribution in [0.1, 0.15) is 37.0 Å². The van der Waals surface area contributed by atoms with Crippen LogP contribution in [-0.2, 0) is 4.79 Å². The minimum atomic E-state index is -0.553. The summed E-state index contributed by atoms with van der Waals surface area (Å²) < 4.78 is 0. The van der Waals surface area contributed by atoms with Gasteiger partial charge in [-0.05, 0) is 25.0 Å². The van der Waals surface area contributed by atoms with Gasteiger partial charge >= 0.3 is 0 Å². The van der Waals surface area contributed by atoms with Gasteiger partial charge in [-0.2, -0.15) is 0 Å². The summed E-state index contributed by atoms with van der Waals surface area (Å²) in [5.74, 6) is 2.72. The summed E-state index contributed by atoms with van der Waals surface area (Å²) in [5.41, 5.74) is 0.153. The van der Waals surface area contributed by atoms with E-state index in [0.29, 0.717) is 51.1 Å². The summed E-state index contributed by atoms with van der Waals surface area (Å²) in [4.78, 5) is 28.7. The maximum atomic E-state index is 12.4. The van der Waals surface area contributed by atoms with Crippen LogP contribution in [0.3, 0.4) is 0 Å². The molecule has 1 aromatic carbocycles. The molecule has 134 valence electrons. The van der Waals surface area contributed by atoms with Crippen molar-refractivity contribution in [3.05, 3.63) is 35.9 Å². The van der Waals surface area contributed by atoms with Crippen molar-refractivity contribution in [2.45, 2.75) is 32.2 Å². The van der Waals surface area contributed by atoms with Crippen LogP contribution >= 0.6 is 0 Å². The Kier molecular flexibility index (Phi) is 6.60. The highest BCUT2D eigenvalue weighted by atomic mass is 16.2. The van der Waals surface area contributed by atoms with Crippen LogP contribution in [0.4, 0.5) is 0 Å². The van der Waals surface area contributed by atoms with E-state index < -0.39 is 5.54 Å². The van der Waals surface area contributed by atoms with Gasteiger partial charge in [0.05, 0.1) is 6.54 Å². The molecule has 1 aliphatic rings. The molecule has 0 spiro atoms. The quantitative estimate of drug-likeness (QED) is 0.802. The number of rotatable bonds is 6. The van der Waals surface area contributed by atoms with Gasteiger partial charge in [0.1, 0.15) is 5.54 Å². The minimum Gasteiger partial charge on any atom is -0.339 e. The van der Waals surface area contributed by atoms with Gasteiger partial charge in [-0.25, -0.2) is 0 Å². The van der Waals surface area contributed by atoms with Crippen LogP contribution in [-0.4, -0.2) is 59.9 Å². The lowest BCUT2D eigenvalue weighted by Crippen LogP contribution is -2.54. The molecule has 1 heterocycles. The molecule has 1 aromatic rings. The molecule has 1 aliphatic heterocycles. The highest BCUT2D eigenvalue weighted by molar-refractivity contribution is 5.94. The predicted molar refractivity (Wildman–Crippen MR) is 99.1 cm³/mol. The molecular weight excluding hydrogens is 314 g/mol. The number of hydrogen-bond acceptors (Lipinski definition) is 3. The van der Waals surface area contributed by atoms with Crippen LogP contribution in [0.15, 0.2) is 30.3 Å². The zero-order chi connectivity index (χ0) is 18.3. The largest absolute Gasteiger partial charge is 0.339 e. The zero-order valence-corrected chi connectivity index (χ0v) is 15.1. The predicted octanol–water partition coefficient (Wildman–Crippen LogP) is 1.75. The molecule has 0 unspecified atom stereocenters. The summed E-state index contributed by atoms with van der Waals surface area (Å²) >= 11 is 0. The van der Waals surface area contributed by atoms with Crippen molar-refractivity contribution in [1.82, 2.24) is 15.1 Å². The zero-order valence-electron chi connectivity index (χ0n) is 15.1. The first kappa shape index (κ1) is 19.0. The van der Waals surface area contributed by atoms with Crippen molar-refractivity contribution >= 4 is 11.8 Å². The van der Waals surface area contributed by atoms with E-state index in [1.807, 2.05) is 49.1 Å². The highest BCUT2D eigenvalue weighted by Gasteiger charge is 2.27. The standard InChI is InChI=1S/C20H27N3O2/c1-4-20(5-2,6-3)21-18(24)16-22-12-14-23(15-13-22)19(25)17-10-8-7-9-11-17/h1,7-11H,5-6,12-16H2,2-3H3,(H,21,24). The van der Waals surface area contributed by atoms with Crippen molar-refractivity contribution in [1.29, 1.82) is 0 Å². The fraction of sp³-hybridized carbons (Fsp3) is 0.500. The molecule has 2 rings (SSSR count). The van der Waals surface area contributed by atoms with Gasteiger partial charge in [0.2, 0.25) is 5.91 Å². The molecular formula is C20H27N3O2. The summed E-state index contributed by atoms with van der Waals surface area (Å²) in [5, 5.41) is 2.99. The van der Waals surface area contributed by atoms with E-state index in [1.54, 1.807) is 0 Å². The number of nitrogens with one attached hydrogen (secondary N) is 1. The number of benzene rings is 1. The van der Waals surface area contributed by atoms with Gasteiger partial charge in [-0.15, -0.1) is 6.42 Å². The maximum absolute atomic E-state index is 12.4. The van der Waals surface area contributed by atoms with Crippen molar-refractivity contribution in [2.24, 2.45) is 0 Å². The number of nitrogens with zero attached hydrogens (tertiary/aromatic N) is 2. The lowest BCUT2D eigenvalue weighted by atomic mass is 9.94. The van der Waals surface area contributed by atoms with Gasteiger partial charge in [0.15, 0.2) is 0 Å². The first-order valence-electron chi connectivity index (χ1n) is 8.89. The Hall–Kier alpha value is -2.32. The van der Waals surface area contributed by atoms with Gasteiger partial charge < -0.3 is 10.2 Å².